The Hall–Kier alpha value is -1.60. The summed E-state index contributed by atoms with van der Waals surface area (Å²) in [5, 5.41) is 5.14. The molecule has 1 aromatic heterocycles. The number of morpholine rings is 1. The Balaban J connectivity index is 1.24. The fourth-order valence-corrected chi connectivity index (χ4v) is 4.64. The third-order valence-corrected chi connectivity index (χ3v) is 6.45. The van der Waals surface area contributed by atoms with Crippen LogP contribution in [0, 0.1) is 5.92 Å². The topological polar surface area (TPSA) is 49.7 Å². The molecule has 0 bridgehead atoms. The highest BCUT2D eigenvalue weighted by Crippen LogP contribution is 2.27. The number of likely N-dealkylation sites (tertiary alicyclic amines) is 1. The van der Waals surface area contributed by atoms with Crippen LogP contribution >= 0.6 is 11.6 Å². The quantitative estimate of drug-likeness (QED) is 0.783. The molecule has 29 heavy (non-hydrogen) atoms. The average molecular weight is 419 g/mol. The minimum absolute atomic E-state index is 0.137. The number of piperidine rings is 1. The summed E-state index contributed by atoms with van der Waals surface area (Å²) < 4.78 is 7.53. The molecule has 0 atom stereocenters. The second-order valence-corrected chi connectivity index (χ2v) is 8.66. The van der Waals surface area contributed by atoms with Gasteiger partial charge in [-0.2, -0.15) is 0 Å². The Morgan fingerprint density at radius 2 is 1.93 bits per heavy atom. The first kappa shape index (κ1) is 20.7. The van der Waals surface area contributed by atoms with E-state index in [2.05, 4.69) is 45.1 Å². The average Bonchev–Trinajstić information content (AvgIpc) is 3.04. The number of benzene rings is 1. The van der Waals surface area contributed by atoms with Crippen LogP contribution in [0.4, 0.5) is 0 Å². The van der Waals surface area contributed by atoms with Gasteiger partial charge in [-0.15, -0.1) is 0 Å². The summed E-state index contributed by atoms with van der Waals surface area (Å²) in [4.78, 5) is 17.3. The Morgan fingerprint density at radius 1 is 1.17 bits per heavy atom. The molecule has 2 saturated heterocycles. The predicted molar refractivity (Wildman–Crippen MR) is 116 cm³/mol. The summed E-state index contributed by atoms with van der Waals surface area (Å²) in [6, 6.07) is 6.08. The van der Waals surface area contributed by atoms with Crippen LogP contribution in [0.2, 0.25) is 5.02 Å². The van der Waals surface area contributed by atoms with Gasteiger partial charge in [-0.25, -0.2) is 0 Å². The number of aryl methyl sites for hydroxylation is 1. The van der Waals surface area contributed by atoms with Gasteiger partial charge in [0.25, 0.3) is 0 Å². The molecule has 0 saturated carbocycles. The van der Waals surface area contributed by atoms with Gasteiger partial charge in [-0.3, -0.25) is 14.6 Å². The Labute approximate surface area is 177 Å². The molecule has 3 heterocycles. The summed E-state index contributed by atoms with van der Waals surface area (Å²) in [7, 11) is 2.08. The first-order chi connectivity index (χ1) is 14.1. The van der Waals surface area contributed by atoms with Crippen LogP contribution in [0.5, 0.6) is 0 Å². The number of carbonyl (C=O) groups excluding carboxylic acids is 1. The van der Waals surface area contributed by atoms with Crippen LogP contribution in [0.25, 0.3) is 10.9 Å². The number of rotatable bonds is 6. The van der Waals surface area contributed by atoms with Crippen molar-refractivity contribution in [3.8, 4) is 0 Å². The smallest absolute Gasteiger partial charge is 0.223 e. The van der Waals surface area contributed by atoms with Crippen LogP contribution in [0.15, 0.2) is 24.4 Å². The number of carbonyl (C=O) groups is 1. The Kier molecular flexibility index (Phi) is 6.75. The zero-order valence-corrected chi connectivity index (χ0v) is 18.0. The van der Waals surface area contributed by atoms with E-state index >= 15 is 0 Å². The highest BCUT2D eigenvalue weighted by molar-refractivity contribution is 6.31. The second-order valence-electron chi connectivity index (χ2n) is 8.22. The van der Waals surface area contributed by atoms with E-state index in [0.29, 0.717) is 0 Å². The zero-order chi connectivity index (χ0) is 20.2. The van der Waals surface area contributed by atoms with E-state index in [1.807, 2.05) is 6.07 Å². The van der Waals surface area contributed by atoms with Crippen molar-refractivity contribution in [3.05, 3.63) is 35.0 Å². The molecule has 2 aliphatic rings. The number of hydrogen-bond acceptors (Lipinski definition) is 4. The molecule has 0 spiro atoms. The highest BCUT2D eigenvalue weighted by atomic mass is 35.5. The summed E-state index contributed by atoms with van der Waals surface area (Å²) in [6.45, 7) is 8.00. The number of ether oxygens (including phenoxy) is 1. The fourth-order valence-electron chi connectivity index (χ4n) is 4.47. The van der Waals surface area contributed by atoms with Crippen molar-refractivity contribution in [1.29, 1.82) is 0 Å². The third-order valence-electron chi connectivity index (χ3n) is 6.22. The van der Waals surface area contributed by atoms with Crippen molar-refractivity contribution in [2.45, 2.75) is 19.4 Å². The van der Waals surface area contributed by atoms with Gasteiger partial charge in [0, 0.05) is 67.8 Å². The van der Waals surface area contributed by atoms with Crippen LogP contribution in [0.3, 0.4) is 0 Å². The number of halogens is 1. The molecule has 158 valence electrons. The Morgan fingerprint density at radius 3 is 2.69 bits per heavy atom. The number of nitrogens with zero attached hydrogens (tertiary/aromatic N) is 3. The van der Waals surface area contributed by atoms with E-state index in [-0.39, 0.29) is 11.8 Å². The van der Waals surface area contributed by atoms with Crippen LogP contribution in [0.1, 0.15) is 18.4 Å². The molecule has 6 nitrogen and oxygen atoms in total. The second kappa shape index (κ2) is 9.47. The first-order valence-electron chi connectivity index (χ1n) is 10.6. The minimum atomic E-state index is 0.137. The van der Waals surface area contributed by atoms with E-state index in [4.69, 9.17) is 16.3 Å². The van der Waals surface area contributed by atoms with E-state index < -0.39 is 0 Å². The summed E-state index contributed by atoms with van der Waals surface area (Å²) in [6.07, 6.45) is 4.05. The van der Waals surface area contributed by atoms with Crippen molar-refractivity contribution in [2.75, 3.05) is 52.5 Å². The van der Waals surface area contributed by atoms with Crippen molar-refractivity contribution in [2.24, 2.45) is 13.0 Å². The summed E-state index contributed by atoms with van der Waals surface area (Å²) >= 11 is 6.21. The highest BCUT2D eigenvalue weighted by Gasteiger charge is 2.25. The van der Waals surface area contributed by atoms with Gasteiger partial charge < -0.3 is 14.6 Å². The third kappa shape index (κ3) is 5.12. The lowest BCUT2D eigenvalue weighted by atomic mass is 9.95. The SMILES string of the molecule is Cn1cc(CN2CCC(C(=O)NCCN3CCOCC3)CC2)c2cc(Cl)ccc21. The van der Waals surface area contributed by atoms with Crippen molar-refractivity contribution >= 4 is 28.4 Å². The Bertz CT molecular complexity index is 839. The number of amides is 1. The van der Waals surface area contributed by atoms with Crippen LogP contribution in [-0.4, -0.2) is 72.8 Å². The molecule has 4 rings (SSSR count). The molecule has 1 amide bonds. The normalized spacial score (nSPS) is 19.7. The lowest BCUT2D eigenvalue weighted by Gasteiger charge is -2.31. The molecule has 1 aromatic carbocycles. The van der Waals surface area contributed by atoms with Gasteiger partial charge in [0.2, 0.25) is 5.91 Å². The van der Waals surface area contributed by atoms with Gasteiger partial charge in [0.1, 0.15) is 0 Å². The number of hydrogen-bond donors (Lipinski definition) is 1. The predicted octanol–water partition coefficient (Wildman–Crippen LogP) is 2.49. The van der Waals surface area contributed by atoms with E-state index in [1.54, 1.807) is 0 Å². The molecular weight excluding hydrogens is 388 g/mol. The van der Waals surface area contributed by atoms with Gasteiger partial charge >= 0.3 is 0 Å². The van der Waals surface area contributed by atoms with Gasteiger partial charge in [-0.1, -0.05) is 11.6 Å². The van der Waals surface area contributed by atoms with Crippen LogP contribution < -0.4 is 5.32 Å². The van der Waals surface area contributed by atoms with E-state index in [1.165, 1.54) is 16.5 Å². The standard InChI is InChI=1S/C22H31ClN4O2/c1-25-15-18(20-14-19(23)2-3-21(20)25)16-27-7-4-17(5-8-27)22(28)24-6-9-26-10-12-29-13-11-26/h2-3,14-15,17H,4-13,16H2,1H3,(H,24,28). The van der Waals surface area contributed by atoms with Gasteiger partial charge in [0.15, 0.2) is 0 Å². The van der Waals surface area contributed by atoms with Gasteiger partial charge in [-0.05, 0) is 49.7 Å². The lowest BCUT2D eigenvalue weighted by Crippen LogP contribution is -2.44. The van der Waals surface area contributed by atoms with Crippen LogP contribution in [-0.2, 0) is 23.1 Å². The number of fused-ring (bicyclic) bond motifs is 1. The maximum atomic E-state index is 12.5. The number of aromatic nitrogens is 1. The molecule has 1 N–H and O–H groups in total. The summed E-state index contributed by atoms with van der Waals surface area (Å²) in [5.41, 5.74) is 2.51. The maximum Gasteiger partial charge on any atom is 0.223 e. The van der Waals surface area contributed by atoms with Crippen molar-refractivity contribution < 1.29 is 9.53 Å². The van der Waals surface area contributed by atoms with Crippen molar-refractivity contribution in [3.63, 3.8) is 0 Å². The molecule has 2 fully saturated rings. The van der Waals surface area contributed by atoms with E-state index in [0.717, 1.165) is 76.9 Å². The monoisotopic (exact) mass is 418 g/mol. The zero-order valence-electron chi connectivity index (χ0n) is 17.2. The molecule has 2 aromatic rings. The molecular formula is C22H31ClN4O2. The molecule has 0 radical (unpaired) electrons. The fraction of sp³-hybridized carbons (Fsp3) is 0.591. The van der Waals surface area contributed by atoms with Gasteiger partial charge in [0.05, 0.1) is 13.2 Å². The minimum Gasteiger partial charge on any atom is -0.379 e. The van der Waals surface area contributed by atoms with Crippen molar-refractivity contribution in [1.82, 2.24) is 19.7 Å². The largest absolute Gasteiger partial charge is 0.379 e. The molecule has 0 aliphatic carbocycles. The lowest BCUT2D eigenvalue weighted by molar-refractivity contribution is -0.126. The summed E-state index contributed by atoms with van der Waals surface area (Å²) in [5.74, 6) is 0.354. The molecule has 0 unspecified atom stereocenters. The molecule has 2 aliphatic heterocycles. The molecule has 7 heteroatoms. The van der Waals surface area contributed by atoms with E-state index in [9.17, 15) is 4.79 Å². The first-order valence-corrected chi connectivity index (χ1v) is 11.0. The maximum absolute atomic E-state index is 12.5. The number of nitrogens with one attached hydrogen (secondary N) is 1.